The predicted molar refractivity (Wildman–Crippen MR) is 70.1 cm³/mol. The normalized spacial score (nSPS) is 19.9. The fourth-order valence-corrected chi connectivity index (χ4v) is 2.52. The van der Waals surface area contributed by atoms with Gasteiger partial charge >= 0.3 is 0 Å². The second-order valence-electron chi connectivity index (χ2n) is 4.80. The first kappa shape index (κ1) is 10.7. The molecule has 2 aliphatic rings. The maximum atomic E-state index is 3.31. The standard InChI is InChI=1S/C14H19N3/c1-2-8-17(7-1)10-12-3-5-13(6-4-12)14-9-15-11-16-14/h3-6,9,15-16H,1-2,7-8,10-11H2. The molecule has 3 rings (SSSR count). The third-order valence-electron chi connectivity index (χ3n) is 3.50. The number of hydrogen-bond donors (Lipinski definition) is 2. The Labute approximate surface area is 103 Å². The lowest BCUT2D eigenvalue weighted by atomic mass is 10.1. The molecule has 3 heteroatoms. The van der Waals surface area contributed by atoms with E-state index in [1.54, 1.807) is 0 Å². The van der Waals surface area contributed by atoms with Crippen LogP contribution in [0.4, 0.5) is 0 Å². The maximum Gasteiger partial charge on any atom is 0.0846 e. The molecule has 1 fully saturated rings. The third-order valence-corrected chi connectivity index (χ3v) is 3.50. The largest absolute Gasteiger partial charge is 0.372 e. The van der Waals surface area contributed by atoms with Gasteiger partial charge < -0.3 is 10.6 Å². The molecule has 0 aliphatic carbocycles. The fourth-order valence-electron chi connectivity index (χ4n) is 2.52. The Morgan fingerprint density at radius 1 is 1.06 bits per heavy atom. The van der Waals surface area contributed by atoms with Gasteiger partial charge in [-0.15, -0.1) is 0 Å². The van der Waals surface area contributed by atoms with Crippen LogP contribution in [-0.2, 0) is 6.54 Å². The topological polar surface area (TPSA) is 27.3 Å². The van der Waals surface area contributed by atoms with Gasteiger partial charge in [0.25, 0.3) is 0 Å². The van der Waals surface area contributed by atoms with Crippen molar-refractivity contribution in [3.8, 4) is 0 Å². The van der Waals surface area contributed by atoms with Gasteiger partial charge in [0.15, 0.2) is 0 Å². The summed E-state index contributed by atoms with van der Waals surface area (Å²) in [5.74, 6) is 0. The molecule has 0 aromatic heterocycles. The second kappa shape index (κ2) is 4.80. The molecule has 0 spiro atoms. The fraction of sp³-hybridized carbons (Fsp3) is 0.429. The van der Waals surface area contributed by atoms with Crippen molar-refractivity contribution >= 4 is 5.70 Å². The van der Waals surface area contributed by atoms with Gasteiger partial charge in [-0.25, -0.2) is 0 Å². The average Bonchev–Trinajstić information content (AvgIpc) is 3.01. The van der Waals surface area contributed by atoms with Gasteiger partial charge in [-0.3, -0.25) is 4.90 Å². The first-order chi connectivity index (χ1) is 8.42. The van der Waals surface area contributed by atoms with Crippen LogP contribution in [-0.4, -0.2) is 24.7 Å². The molecule has 0 saturated carbocycles. The summed E-state index contributed by atoms with van der Waals surface area (Å²) in [7, 11) is 0. The van der Waals surface area contributed by atoms with Crippen LogP contribution in [0.1, 0.15) is 24.0 Å². The number of nitrogens with zero attached hydrogens (tertiary/aromatic N) is 1. The molecule has 1 aromatic rings. The molecule has 1 saturated heterocycles. The highest BCUT2D eigenvalue weighted by Gasteiger charge is 2.12. The zero-order chi connectivity index (χ0) is 11.5. The van der Waals surface area contributed by atoms with Crippen molar-refractivity contribution in [3.05, 3.63) is 41.6 Å². The number of likely N-dealkylation sites (tertiary alicyclic amines) is 1. The molecule has 0 unspecified atom stereocenters. The predicted octanol–water partition coefficient (Wildman–Crippen LogP) is 1.73. The Bertz CT molecular complexity index is 402. The summed E-state index contributed by atoms with van der Waals surface area (Å²) >= 11 is 0. The van der Waals surface area contributed by atoms with E-state index in [0.29, 0.717) is 0 Å². The van der Waals surface area contributed by atoms with Crippen molar-refractivity contribution < 1.29 is 0 Å². The van der Waals surface area contributed by atoms with E-state index in [2.05, 4.69) is 39.8 Å². The molecule has 3 nitrogen and oxygen atoms in total. The van der Waals surface area contributed by atoms with Crippen LogP contribution >= 0.6 is 0 Å². The van der Waals surface area contributed by atoms with Crippen LogP contribution in [0, 0.1) is 0 Å². The molecule has 2 N–H and O–H groups in total. The van der Waals surface area contributed by atoms with E-state index < -0.39 is 0 Å². The van der Waals surface area contributed by atoms with Crippen LogP contribution in [0.3, 0.4) is 0 Å². The van der Waals surface area contributed by atoms with Crippen molar-refractivity contribution in [1.29, 1.82) is 0 Å². The van der Waals surface area contributed by atoms with Gasteiger partial charge in [-0.05, 0) is 37.1 Å². The molecule has 1 aromatic carbocycles. The zero-order valence-corrected chi connectivity index (χ0v) is 10.1. The monoisotopic (exact) mass is 229 g/mol. The number of nitrogens with one attached hydrogen (secondary N) is 2. The summed E-state index contributed by atoms with van der Waals surface area (Å²) in [6.07, 6.45) is 4.76. The van der Waals surface area contributed by atoms with Crippen molar-refractivity contribution in [1.82, 2.24) is 15.5 Å². The molecular formula is C14H19N3. The molecule has 0 radical (unpaired) electrons. The number of rotatable bonds is 3. The lowest BCUT2D eigenvalue weighted by Crippen LogP contribution is -2.18. The molecule has 2 aliphatic heterocycles. The van der Waals surface area contributed by atoms with Gasteiger partial charge in [-0.2, -0.15) is 0 Å². The van der Waals surface area contributed by atoms with E-state index >= 15 is 0 Å². The smallest absolute Gasteiger partial charge is 0.0846 e. The lowest BCUT2D eigenvalue weighted by Gasteiger charge is -2.14. The van der Waals surface area contributed by atoms with Crippen LogP contribution in [0.25, 0.3) is 5.70 Å². The Balaban J connectivity index is 1.66. The Kier molecular flexibility index (Phi) is 3.01. The van der Waals surface area contributed by atoms with E-state index in [0.717, 1.165) is 13.2 Å². The Hall–Kier alpha value is -1.48. The summed E-state index contributed by atoms with van der Waals surface area (Å²) in [5, 5.41) is 6.47. The van der Waals surface area contributed by atoms with E-state index in [1.165, 1.54) is 42.8 Å². The average molecular weight is 229 g/mol. The minimum Gasteiger partial charge on any atom is -0.372 e. The van der Waals surface area contributed by atoms with Gasteiger partial charge in [0.05, 0.1) is 12.4 Å². The summed E-state index contributed by atoms with van der Waals surface area (Å²) in [6, 6.07) is 8.90. The Morgan fingerprint density at radius 3 is 2.47 bits per heavy atom. The highest BCUT2D eigenvalue weighted by atomic mass is 15.1. The Morgan fingerprint density at radius 2 is 1.82 bits per heavy atom. The van der Waals surface area contributed by atoms with Gasteiger partial charge in [0.2, 0.25) is 0 Å². The number of hydrogen-bond acceptors (Lipinski definition) is 3. The number of benzene rings is 1. The van der Waals surface area contributed by atoms with Crippen LogP contribution in [0.2, 0.25) is 0 Å². The van der Waals surface area contributed by atoms with Gasteiger partial charge in [-0.1, -0.05) is 24.3 Å². The van der Waals surface area contributed by atoms with E-state index in [4.69, 9.17) is 0 Å². The van der Waals surface area contributed by atoms with E-state index in [-0.39, 0.29) is 0 Å². The second-order valence-corrected chi connectivity index (χ2v) is 4.80. The quantitative estimate of drug-likeness (QED) is 0.826. The molecule has 0 amide bonds. The minimum atomic E-state index is 0.838. The van der Waals surface area contributed by atoms with Crippen molar-refractivity contribution in [3.63, 3.8) is 0 Å². The third kappa shape index (κ3) is 2.44. The highest BCUT2D eigenvalue weighted by molar-refractivity contribution is 5.65. The maximum absolute atomic E-state index is 3.31. The lowest BCUT2D eigenvalue weighted by molar-refractivity contribution is 0.331. The highest BCUT2D eigenvalue weighted by Crippen LogP contribution is 2.16. The van der Waals surface area contributed by atoms with E-state index in [9.17, 15) is 0 Å². The van der Waals surface area contributed by atoms with E-state index in [1.807, 2.05) is 6.20 Å². The first-order valence-corrected chi connectivity index (χ1v) is 6.41. The van der Waals surface area contributed by atoms with Crippen molar-refractivity contribution in [2.45, 2.75) is 19.4 Å². The van der Waals surface area contributed by atoms with Gasteiger partial charge in [0, 0.05) is 12.7 Å². The minimum absolute atomic E-state index is 0.838. The molecule has 0 atom stereocenters. The molecule has 2 heterocycles. The van der Waals surface area contributed by atoms with Crippen molar-refractivity contribution in [2.24, 2.45) is 0 Å². The van der Waals surface area contributed by atoms with Crippen LogP contribution in [0.5, 0.6) is 0 Å². The molecule has 17 heavy (non-hydrogen) atoms. The van der Waals surface area contributed by atoms with Crippen LogP contribution in [0.15, 0.2) is 30.5 Å². The summed E-state index contributed by atoms with van der Waals surface area (Å²) in [5.41, 5.74) is 3.88. The SMILES string of the molecule is C1=C(c2ccc(CN3CCCC3)cc2)NCN1. The van der Waals surface area contributed by atoms with Crippen LogP contribution < -0.4 is 10.6 Å². The molecule has 90 valence electrons. The zero-order valence-electron chi connectivity index (χ0n) is 10.1. The summed E-state index contributed by atoms with van der Waals surface area (Å²) in [6.45, 7) is 4.46. The van der Waals surface area contributed by atoms with Gasteiger partial charge in [0.1, 0.15) is 0 Å². The molecule has 0 bridgehead atoms. The summed E-state index contributed by atoms with van der Waals surface area (Å²) < 4.78 is 0. The molecular weight excluding hydrogens is 210 g/mol. The first-order valence-electron chi connectivity index (χ1n) is 6.41. The summed E-state index contributed by atoms with van der Waals surface area (Å²) in [4.78, 5) is 2.53. The van der Waals surface area contributed by atoms with Crippen molar-refractivity contribution in [2.75, 3.05) is 19.8 Å².